The Morgan fingerprint density at radius 3 is 2.72 bits per heavy atom. The van der Waals surface area contributed by atoms with E-state index in [1.165, 1.54) is 6.07 Å². The maximum absolute atomic E-state index is 12.1. The van der Waals surface area contributed by atoms with E-state index in [-0.39, 0.29) is 23.9 Å². The van der Waals surface area contributed by atoms with Crippen molar-refractivity contribution in [2.24, 2.45) is 10.2 Å². The van der Waals surface area contributed by atoms with Crippen LogP contribution in [0, 0.1) is 0 Å². The Balaban J connectivity index is 1.56. The first-order valence-corrected chi connectivity index (χ1v) is 10.1. The number of azo groups is 1. The summed E-state index contributed by atoms with van der Waals surface area (Å²) in [5.74, 6) is -0.979. The molecular weight excluding hydrogens is 483 g/mol. The van der Waals surface area contributed by atoms with E-state index in [0.717, 1.165) is 0 Å². The number of hydrogen-bond acceptors (Lipinski definition) is 4. The standard InChI is InChI=1S/C19H15BrCl2N4O3/c20-13-5-2-1-4-11(13)18(28)23-7-3-6-15(27)25-26-17-12-8-10(21)9-14(22)16(12)24-19(17)29/h1-2,4-5,8-9,24,29H,3,6-7H2,(H,23,28). The van der Waals surface area contributed by atoms with Gasteiger partial charge in [0.25, 0.3) is 11.8 Å². The molecule has 3 rings (SSSR count). The molecule has 0 unspecified atom stereocenters. The van der Waals surface area contributed by atoms with Gasteiger partial charge in [-0.1, -0.05) is 35.3 Å². The van der Waals surface area contributed by atoms with Gasteiger partial charge in [0.05, 0.1) is 16.1 Å². The molecule has 0 radical (unpaired) electrons. The third kappa shape index (κ3) is 5.14. The van der Waals surface area contributed by atoms with Crippen molar-refractivity contribution < 1.29 is 14.7 Å². The highest BCUT2D eigenvalue weighted by Crippen LogP contribution is 2.40. The van der Waals surface area contributed by atoms with E-state index in [9.17, 15) is 14.7 Å². The van der Waals surface area contributed by atoms with Crippen molar-refractivity contribution in [1.29, 1.82) is 0 Å². The summed E-state index contributed by atoms with van der Waals surface area (Å²) in [4.78, 5) is 26.7. The number of aromatic nitrogens is 1. The molecular formula is C19H15BrCl2N4O3. The molecule has 3 N–H and O–H groups in total. The van der Waals surface area contributed by atoms with Crippen LogP contribution >= 0.6 is 39.1 Å². The smallest absolute Gasteiger partial charge is 0.264 e. The lowest BCUT2D eigenvalue weighted by atomic mass is 10.2. The summed E-state index contributed by atoms with van der Waals surface area (Å²) in [5, 5.41) is 21.3. The minimum absolute atomic E-state index is 0.0833. The molecule has 2 amide bonds. The highest BCUT2D eigenvalue weighted by atomic mass is 79.9. The molecule has 0 bridgehead atoms. The normalized spacial score (nSPS) is 11.3. The number of aromatic amines is 1. The van der Waals surface area contributed by atoms with Crippen molar-refractivity contribution in [3.05, 3.63) is 56.5 Å². The van der Waals surface area contributed by atoms with E-state index >= 15 is 0 Å². The molecule has 0 fully saturated rings. The molecule has 7 nitrogen and oxygen atoms in total. The van der Waals surface area contributed by atoms with Gasteiger partial charge in [-0.2, -0.15) is 0 Å². The number of benzene rings is 2. The Hall–Kier alpha value is -2.42. The van der Waals surface area contributed by atoms with Crippen LogP contribution in [-0.2, 0) is 4.79 Å². The average Bonchev–Trinajstić information content (AvgIpc) is 2.99. The zero-order chi connectivity index (χ0) is 21.0. The predicted octanol–water partition coefficient (Wildman–Crippen LogP) is 5.76. The van der Waals surface area contributed by atoms with Gasteiger partial charge in [0.2, 0.25) is 5.88 Å². The third-order valence-corrected chi connectivity index (χ3v) is 5.22. The Morgan fingerprint density at radius 1 is 1.21 bits per heavy atom. The van der Waals surface area contributed by atoms with E-state index in [2.05, 4.69) is 36.5 Å². The van der Waals surface area contributed by atoms with Gasteiger partial charge in [-0.15, -0.1) is 10.2 Å². The number of hydrogen-bond donors (Lipinski definition) is 3. The first-order chi connectivity index (χ1) is 13.9. The van der Waals surface area contributed by atoms with Gasteiger partial charge in [-0.05, 0) is 46.6 Å². The number of H-pyrrole nitrogens is 1. The number of amides is 2. The van der Waals surface area contributed by atoms with Gasteiger partial charge >= 0.3 is 0 Å². The molecule has 0 saturated carbocycles. The number of halogens is 3. The van der Waals surface area contributed by atoms with E-state index in [4.69, 9.17) is 23.2 Å². The molecule has 0 aliphatic heterocycles. The van der Waals surface area contributed by atoms with Gasteiger partial charge in [-0.25, -0.2) is 0 Å². The fourth-order valence-electron chi connectivity index (χ4n) is 2.63. The Kier molecular flexibility index (Phi) is 6.89. The third-order valence-electron chi connectivity index (χ3n) is 4.01. The first kappa shape index (κ1) is 21.3. The summed E-state index contributed by atoms with van der Waals surface area (Å²) in [7, 11) is 0. The Morgan fingerprint density at radius 2 is 1.97 bits per heavy atom. The molecule has 0 atom stereocenters. The average molecular weight is 498 g/mol. The molecule has 0 aliphatic rings. The number of carbonyl (C=O) groups is 2. The van der Waals surface area contributed by atoms with Crippen molar-refractivity contribution in [2.75, 3.05) is 6.54 Å². The summed E-state index contributed by atoms with van der Waals surface area (Å²) < 4.78 is 0.695. The lowest BCUT2D eigenvalue weighted by molar-refractivity contribution is -0.118. The maximum Gasteiger partial charge on any atom is 0.264 e. The number of rotatable bonds is 6. The second-order valence-corrected chi connectivity index (χ2v) is 7.76. The second-order valence-electron chi connectivity index (χ2n) is 6.07. The topological polar surface area (TPSA) is 107 Å². The zero-order valence-electron chi connectivity index (χ0n) is 14.9. The van der Waals surface area contributed by atoms with Crippen LogP contribution in [0.4, 0.5) is 5.69 Å². The zero-order valence-corrected chi connectivity index (χ0v) is 18.0. The molecule has 0 spiro atoms. The number of aromatic hydroxyl groups is 1. The molecule has 1 heterocycles. The van der Waals surface area contributed by atoms with Gasteiger partial charge in [0.1, 0.15) is 0 Å². The van der Waals surface area contributed by atoms with Gasteiger partial charge in [0, 0.05) is 27.8 Å². The van der Waals surface area contributed by atoms with Crippen LogP contribution in [0.25, 0.3) is 10.9 Å². The summed E-state index contributed by atoms with van der Waals surface area (Å²) in [6.45, 7) is 0.310. The van der Waals surface area contributed by atoms with E-state index in [1.54, 1.807) is 24.3 Å². The summed E-state index contributed by atoms with van der Waals surface area (Å²) in [6, 6.07) is 10.1. The van der Waals surface area contributed by atoms with Crippen LogP contribution in [0.15, 0.2) is 51.1 Å². The van der Waals surface area contributed by atoms with Crippen molar-refractivity contribution in [3.63, 3.8) is 0 Å². The Bertz CT molecular complexity index is 1110. The lowest BCUT2D eigenvalue weighted by Gasteiger charge is -2.05. The van der Waals surface area contributed by atoms with Crippen LogP contribution in [0.2, 0.25) is 10.0 Å². The Labute approximate surface area is 184 Å². The molecule has 2 aromatic carbocycles. The molecule has 10 heteroatoms. The number of nitrogens with one attached hydrogen (secondary N) is 2. The van der Waals surface area contributed by atoms with Crippen molar-refractivity contribution in [1.82, 2.24) is 10.3 Å². The fraction of sp³-hybridized carbons (Fsp3) is 0.158. The van der Waals surface area contributed by atoms with Crippen LogP contribution in [-0.4, -0.2) is 28.4 Å². The molecule has 0 aliphatic carbocycles. The van der Waals surface area contributed by atoms with Crippen molar-refractivity contribution in [2.45, 2.75) is 12.8 Å². The minimum atomic E-state index is -0.484. The largest absolute Gasteiger partial charge is 0.493 e. The number of nitrogens with zero attached hydrogens (tertiary/aromatic N) is 2. The van der Waals surface area contributed by atoms with Crippen molar-refractivity contribution in [3.8, 4) is 5.88 Å². The van der Waals surface area contributed by atoms with Gasteiger partial charge in [-0.3, -0.25) is 9.59 Å². The lowest BCUT2D eigenvalue weighted by Crippen LogP contribution is -2.25. The highest BCUT2D eigenvalue weighted by molar-refractivity contribution is 9.10. The summed E-state index contributed by atoms with van der Waals surface area (Å²) in [5.41, 5.74) is 1.05. The van der Waals surface area contributed by atoms with E-state index in [1.807, 2.05) is 6.07 Å². The van der Waals surface area contributed by atoms with E-state index < -0.39 is 5.91 Å². The van der Waals surface area contributed by atoms with Gasteiger partial charge < -0.3 is 15.4 Å². The maximum atomic E-state index is 12.1. The molecule has 150 valence electrons. The number of fused-ring (bicyclic) bond motifs is 1. The van der Waals surface area contributed by atoms with Crippen LogP contribution in [0.3, 0.4) is 0 Å². The quantitative estimate of drug-likeness (QED) is 0.297. The minimum Gasteiger partial charge on any atom is -0.493 e. The number of carbonyl (C=O) groups excluding carboxylic acids is 2. The first-order valence-electron chi connectivity index (χ1n) is 8.54. The van der Waals surface area contributed by atoms with Crippen LogP contribution in [0.1, 0.15) is 23.2 Å². The molecule has 3 aromatic rings. The molecule has 0 saturated heterocycles. The summed E-state index contributed by atoms with van der Waals surface area (Å²) >= 11 is 15.4. The van der Waals surface area contributed by atoms with Crippen LogP contribution in [0.5, 0.6) is 5.88 Å². The van der Waals surface area contributed by atoms with E-state index in [0.29, 0.717) is 43.9 Å². The highest BCUT2D eigenvalue weighted by Gasteiger charge is 2.14. The summed E-state index contributed by atoms with van der Waals surface area (Å²) in [6.07, 6.45) is 0.482. The van der Waals surface area contributed by atoms with Gasteiger partial charge in [0.15, 0.2) is 5.69 Å². The molecule has 29 heavy (non-hydrogen) atoms. The fourth-order valence-corrected chi connectivity index (χ4v) is 3.64. The van der Waals surface area contributed by atoms with Crippen LogP contribution < -0.4 is 5.32 Å². The van der Waals surface area contributed by atoms with Crippen molar-refractivity contribution >= 4 is 67.5 Å². The second kappa shape index (κ2) is 9.39. The SMILES string of the molecule is O=C(CCCNC(=O)c1ccccc1Br)N=Nc1c(O)[nH]c2c(Cl)cc(Cl)cc12. The molecule has 1 aromatic heterocycles. The monoisotopic (exact) mass is 496 g/mol. The predicted molar refractivity (Wildman–Crippen MR) is 115 cm³/mol.